The first-order chi connectivity index (χ1) is 17.7. The Morgan fingerprint density at radius 3 is 2.36 bits per heavy atom. The summed E-state index contributed by atoms with van der Waals surface area (Å²) < 4.78 is 7.57. The molecule has 0 atom stereocenters. The molecule has 1 amide bonds. The summed E-state index contributed by atoms with van der Waals surface area (Å²) >= 11 is 6.27. The van der Waals surface area contributed by atoms with Crippen LogP contribution in [-0.4, -0.2) is 41.8 Å². The van der Waals surface area contributed by atoms with Gasteiger partial charge in [0.2, 0.25) is 17.6 Å². The molecule has 1 saturated carbocycles. The van der Waals surface area contributed by atoms with Gasteiger partial charge < -0.3 is 9.32 Å². The number of para-hydroxylation sites is 1. The van der Waals surface area contributed by atoms with Gasteiger partial charge in [-0.2, -0.15) is 0 Å². The van der Waals surface area contributed by atoms with Crippen LogP contribution in [0, 0.1) is 0 Å². The van der Waals surface area contributed by atoms with Gasteiger partial charge in [-0.25, -0.2) is 9.67 Å². The largest absolute Gasteiger partial charge is 0.419 e. The number of nitrogens with zero attached hydrogens (tertiary/aromatic N) is 6. The van der Waals surface area contributed by atoms with Crippen molar-refractivity contribution in [3.8, 4) is 28.5 Å². The van der Waals surface area contributed by atoms with E-state index in [2.05, 4.69) is 20.3 Å². The summed E-state index contributed by atoms with van der Waals surface area (Å²) in [5, 5.41) is 13.4. The molecule has 0 radical (unpaired) electrons. The molecule has 8 nitrogen and oxygen atoms in total. The summed E-state index contributed by atoms with van der Waals surface area (Å²) in [4.78, 5) is 20.0. The molecule has 6 rings (SSSR count). The fraction of sp³-hybridized carbons (Fsp3) is 0.148. The van der Waals surface area contributed by atoms with Gasteiger partial charge in [-0.05, 0) is 37.1 Å². The highest BCUT2D eigenvalue weighted by Crippen LogP contribution is 2.31. The average Bonchev–Trinajstić information content (AvgIpc) is 3.49. The van der Waals surface area contributed by atoms with E-state index in [1.54, 1.807) is 15.6 Å². The minimum atomic E-state index is -0.276. The van der Waals surface area contributed by atoms with Crippen LogP contribution in [0.15, 0.2) is 89.3 Å². The zero-order valence-corrected chi connectivity index (χ0v) is 19.9. The maximum Gasteiger partial charge on any atom is 0.294 e. The van der Waals surface area contributed by atoms with Crippen molar-refractivity contribution in [2.45, 2.75) is 25.4 Å². The van der Waals surface area contributed by atoms with Crippen molar-refractivity contribution in [2.24, 2.45) is 0 Å². The molecule has 36 heavy (non-hydrogen) atoms. The smallest absolute Gasteiger partial charge is 0.294 e. The summed E-state index contributed by atoms with van der Waals surface area (Å²) in [6.07, 6.45) is 1.81. The van der Waals surface area contributed by atoms with Crippen molar-refractivity contribution < 1.29 is 9.21 Å². The van der Waals surface area contributed by atoms with Crippen LogP contribution in [0.2, 0.25) is 5.02 Å². The molecule has 0 unspecified atom stereocenters. The van der Waals surface area contributed by atoms with E-state index >= 15 is 0 Å². The Labute approximate surface area is 212 Å². The summed E-state index contributed by atoms with van der Waals surface area (Å²) in [7, 11) is 0. The van der Waals surface area contributed by atoms with E-state index in [4.69, 9.17) is 16.0 Å². The molecule has 178 valence electrons. The molecule has 2 heterocycles. The van der Waals surface area contributed by atoms with E-state index < -0.39 is 0 Å². The van der Waals surface area contributed by atoms with Gasteiger partial charge in [0.1, 0.15) is 0 Å². The minimum Gasteiger partial charge on any atom is -0.419 e. The van der Waals surface area contributed by atoms with E-state index in [-0.39, 0.29) is 24.3 Å². The van der Waals surface area contributed by atoms with Gasteiger partial charge in [0.25, 0.3) is 5.91 Å². The summed E-state index contributed by atoms with van der Waals surface area (Å²) in [6.45, 7) is 0.168. The SMILES string of the molecule is O=C(c1nc(-c2ccccc2)n(-c2ccccc2)n1)N(Cc1nnc(-c2ccccc2Cl)o1)C1CC1. The number of benzene rings is 3. The first-order valence-electron chi connectivity index (χ1n) is 11.6. The number of rotatable bonds is 7. The Balaban J connectivity index is 1.32. The van der Waals surface area contributed by atoms with Crippen LogP contribution in [0.3, 0.4) is 0 Å². The maximum atomic E-state index is 13.7. The molecule has 2 aromatic heterocycles. The van der Waals surface area contributed by atoms with Crippen LogP contribution in [0.5, 0.6) is 0 Å². The molecule has 5 aromatic rings. The number of halogens is 1. The normalized spacial score (nSPS) is 13.0. The van der Waals surface area contributed by atoms with Gasteiger partial charge >= 0.3 is 0 Å². The highest BCUT2D eigenvalue weighted by Gasteiger charge is 2.36. The zero-order valence-electron chi connectivity index (χ0n) is 19.2. The molecule has 1 fully saturated rings. The Morgan fingerprint density at radius 2 is 1.64 bits per heavy atom. The van der Waals surface area contributed by atoms with E-state index in [9.17, 15) is 4.79 Å². The van der Waals surface area contributed by atoms with Crippen molar-refractivity contribution in [1.82, 2.24) is 29.9 Å². The van der Waals surface area contributed by atoms with Crippen LogP contribution in [0.25, 0.3) is 28.5 Å². The number of carbonyl (C=O) groups is 1. The highest BCUT2D eigenvalue weighted by molar-refractivity contribution is 6.33. The van der Waals surface area contributed by atoms with Crippen LogP contribution in [0.1, 0.15) is 29.4 Å². The predicted molar refractivity (Wildman–Crippen MR) is 134 cm³/mol. The molecular weight excluding hydrogens is 476 g/mol. The quantitative estimate of drug-likeness (QED) is 0.298. The third-order valence-electron chi connectivity index (χ3n) is 5.96. The average molecular weight is 497 g/mol. The van der Waals surface area contributed by atoms with Gasteiger partial charge in [0.15, 0.2) is 5.82 Å². The molecule has 1 aliphatic carbocycles. The molecule has 9 heteroatoms. The summed E-state index contributed by atoms with van der Waals surface area (Å²) in [6, 6.07) is 26.7. The Morgan fingerprint density at radius 1 is 0.944 bits per heavy atom. The van der Waals surface area contributed by atoms with E-state index in [1.165, 1.54) is 0 Å². The Kier molecular flexibility index (Phi) is 5.79. The zero-order chi connectivity index (χ0) is 24.5. The molecule has 0 spiro atoms. The van der Waals surface area contributed by atoms with Crippen molar-refractivity contribution >= 4 is 17.5 Å². The van der Waals surface area contributed by atoms with Gasteiger partial charge in [-0.15, -0.1) is 15.3 Å². The molecule has 0 N–H and O–H groups in total. The molecule has 0 saturated heterocycles. The molecule has 1 aliphatic rings. The number of amides is 1. The highest BCUT2D eigenvalue weighted by atomic mass is 35.5. The van der Waals surface area contributed by atoms with Gasteiger partial charge in [0.05, 0.1) is 22.8 Å². The van der Waals surface area contributed by atoms with Crippen LogP contribution in [-0.2, 0) is 6.54 Å². The summed E-state index contributed by atoms with van der Waals surface area (Å²) in [5.74, 6) is 1.09. The van der Waals surface area contributed by atoms with E-state index in [1.807, 2.05) is 78.9 Å². The third kappa shape index (κ3) is 4.38. The number of hydrogen-bond donors (Lipinski definition) is 0. The van der Waals surface area contributed by atoms with Crippen molar-refractivity contribution in [3.63, 3.8) is 0 Å². The lowest BCUT2D eigenvalue weighted by Crippen LogP contribution is -2.33. The maximum absolute atomic E-state index is 13.7. The molecular formula is C27H21ClN6O2. The summed E-state index contributed by atoms with van der Waals surface area (Å²) in [5.41, 5.74) is 2.34. The lowest BCUT2D eigenvalue weighted by molar-refractivity contribution is 0.0702. The monoisotopic (exact) mass is 496 g/mol. The van der Waals surface area contributed by atoms with Crippen LogP contribution >= 0.6 is 11.6 Å². The topological polar surface area (TPSA) is 89.9 Å². The number of aromatic nitrogens is 5. The second-order valence-corrected chi connectivity index (χ2v) is 8.92. The first kappa shape index (κ1) is 22.2. The van der Waals surface area contributed by atoms with Crippen molar-refractivity contribution in [1.29, 1.82) is 0 Å². The van der Waals surface area contributed by atoms with Gasteiger partial charge in [0, 0.05) is 11.6 Å². The standard InChI is InChI=1S/C27H21ClN6O2/c28-22-14-8-7-13-21(22)26-31-30-23(36-26)17-33(19-15-16-19)27(35)24-29-25(18-9-3-1-4-10-18)34(32-24)20-11-5-2-6-12-20/h1-14,19H,15-17H2. The minimum absolute atomic E-state index is 0.0806. The lowest BCUT2D eigenvalue weighted by Gasteiger charge is -2.18. The van der Waals surface area contributed by atoms with Crippen LogP contribution in [0.4, 0.5) is 0 Å². The Hall–Kier alpha value is -4.30. The molecule has 0 aliphatic heterocycles. The van der Waals surface area contributed by atoms with E-state index in [0.717, 1.165) is 24.1 Å². The van der Waals surface area contributed by atoms with Gasteiger partial charge in [-0.3, -0.25) is 4.79 Å². The van der Waals surface area contributed by atoms with Crippen molar-refractivity contribution in [3.05, 3.63) is 102 Å². The van der Waals surface area contributed by atoms with Crippen molar-refractivity contribution in [2.75, 3.05) is 0 Å². The lowest BCUT2D eigenvalue weighted by atomic mass is 10.2. The fourth-order valence-electron chi connectivity index (χ4n) is 4.01. The molecule has 0 bridgehead atoms. The Bertz CT molecular complexity index is 1450. The second kappa shape index (κ2) is 9.39. The predicted octanol–water partition coefficient (Wildman–Crippen LogP) is 5.44. The first-order valence-corrected chi connectivity index (χ1v) is 12.0. The number of carbonyl (C=O) groups excluding carboxylic acids is 1. The van der Waals surface area contributed by atoms with Crippen LogP contribution < -0.4 is 0 Å². The second-order valence-electron chi connectivity index (χ2n) is 8.52. The molecule has 3 aromatic carbocycles. The fourth-order valence-corrected chi connectivity index (χ4v) is 4.23. The van der Waals surface area contributed by atoms with E-state index in [0.29, 0.717) is 28.2 Å². The number of hydrogen-bond acceptors (Lipinski definition) is 6. The van der Waals surface area contributed by atoms with Gasteiger partial charge in [-0.1, -0.05) is 72.3 Å². The third-order valence-corrected chi connectivity index (χ3v) is 6.29.